The number of rotatable bonds is 5. The minimum Gasteiger partial charge on any atom is -0.508 e. The van der Waals surface area contributed by atoms with E-state index in [1.807, 2.05) is 36.4 Å². The number of thiocarbonyl (C=S) groups is 1. The third-order valence-electron chi connectivity index (χ3n) is 4.47. The summed E-state index contributed by atoms with van der Waals surface area (Å²) in [5.41, 5.74) is 3.00. The van der Waals surface area contributed by atoms with E-state index in [0.29, 0.717) is 24.0 Å². The Hall–Kier alpha value is -2.11. The van der Waals surface area contributed by atoms with Gasteiger partial charge in [-0.2, -0.15) is 0 Å². The fourth-order valence-electron chi connectivity index (χ4n) is 3.01. The van der Waals surface area contributed by atoms with E-state index in [0.717, 1.165) is 36.3 Å². The molecule has 1 heterocycles. The summed E-state index contributed by atoms with van der Waals surface area (Å²) >= 11 is 5.67. The summed E-state index contributed by atoms with van der Waals surface area (Å²) in [5, 5.41) is 14.1. The van der Waals surface area contributed by atoms with Gasteiger partial charge in [0.1, 0.15) is 5.75 Å². The summed E-state index contributed by atoms with van der Waals surface area (Å²) in [6.45, 7) is 4.13. The van der Waals surface area contributed by atoms with E-state index >= 15 is 0 Å². The molecule has 1 aliphatic heterocycles. The van der Waals surface area contributed by atoms with Crippen LogP contribution in [0.3, 0.4) is 0 Å². The zero-order chi connectivity index (χ0) is 17.6. The molecule has 132 valence electrons. The molecule has 25 heavy (non-hydrogen) atoms. The first-order chi connectivity index (χ1) is 12.1. The molecule has 5 heteroatoms. The van der Waals surface area contributed by atoms with Crippen molar-refractivity contribution in [2.45, 2.75) is 32.4 Å². The molecule has 2 aromatic carbocycles. The van der Waals surface area contributed by atoms with Gasteiger partial charge < -0.3 is 20.1 Å². The summed E-state index contributed by atoms with van der Waals surface area (Å²) in [6.07, 6.45) is 2.32. The number of aromatic hydroxyl groups is 1. The Morgan fingerprint density at radius 2 is 2.00 bits per heavy atom. The van der Waals surface area contributed by atoms with E-state index in [-0.39, 0.29) is 6.10 Å². The highest BCUT2D eigenvalue weighted by atomic mass is 32.1. The Morgan fingerprint density at radius 1 is 1.24 bits per heavy atom. The fourth-order valence-corrected chi connectivity index (χ4v) is 3.26. The number of benzene rings is 2. The predicted octanol–water partition coefficient (Wildman–Crippen LogP) is 4.08. The average molecular weight is 356 g/mol. The van der Waals surface area contributed by atoms with E-state index in [9.17, 15) is 5.11 Å². The molecule has 0 saturated carbocycles. The molecule has 0 bridgehead atoms. The van der Waals surface area contributed by atoms with Gasteiger partial charge in [-0.3, -0.25) is 0 Å². The van der Waals surface area contributed by atoms with Crippen molar-refractivity contribution in [3.8, 4) is 5.75 Å². The van der Waals surface area contributed by atoms with E-state index in [1.54, 1.807) is 6.07 Å². The van der Waals surface area contributed by atoms with Crippen LogP contribution in [0.25, 0.3) is 0 Å². The molecule has 2 N–H and O–H groups in total. The lowest BCUT2D eigenvalue weighted by molar-refractivity contribution is 0.0904. The molecule has 0 spiro atoms. The first kappa shape index (κ1) is 17.7. The molecule has 0 radical (unpaired) electrons. The summed E-state index contributed by atoms with van der Waals surface area (Å²) in [6, 6.07) is 15.5. The molecule has 1 atom stereocenters. The number of para-hydroxylation sites is 2. The number of phenols is 1. The topological polar surface area (TPSA) is 44.7 Å². The molecule has 0 amide bonds. The van der Waals surface area contributed by atoms with Gasteiger partial charge >= 0.3 is 0 Å². The lowest BCUT2D eigenvalue weighted by Gasteiger charge is -2.29. The van der Waals surface area contributed by atoms with E-state index < -0.39 is 0 Å². The standard InChI is InChI=1S/C20H24N2O2S/c1-15-7-2-4-10-18(15)21-20(25)22(14-17-9-6-12-24-17)13-16-8-3-5-11-19(16)23/h2-5,7-8,10-11,17,23H,6,9,12-14H2,1H3,(H,21,25). The van der Waals surface area contributed by atoms with Crippen LogP contribution in [0.4, 0.5) is 5.69 Å². The van der Waals surface area contributed by atoms with Crippen molar-refractivity contribution >= 4 is 23.0 Å². The second kappa shape index (κ2) is 8.32. The number of ether oxygens (including phenoxy) is 1. The molecule has 1 fully saturated rings. The predicted molar refractivity (Wildman–Crippen MR) is 105 cm³/mol. The lowest BCUT2D eigenvalue weighted by Crippen LogP contribution is -2.39. The van der Waals surface area contributed by atoms with Crippen LogP contribution in [-0.4, -0.2) is 34.4 Å². The van der Waals surface area contributed by atoms with Gasteiger partial charge in [-0.1, -0.05) is 36.4 Å². The number of nitrogens with zero attached hydrogens (tertiary/aromatic N) is 1. The average Bonchev–Trinajstić information content (AvgIpc) is 3.11. The monoisotopic (exact) mass is 356 g/mol. The molecule has 0 aromatic heterocycles. The van der Waals surface area contributed by atoms with Crippen LogP contribution >= 0.6 is 12.2 Å². The Kier molecular flexibility index (Phi) is 5.89. The van der Waals surface area contributed by atoms with Gasteiger partial charge in [0.05, 0.1) is 6.10 Å². The number of phenolic OH excluding ortho intramolecular Hbond substituents is 1. The quantitative estimate of drug-likeness (QED) is 0.791. The van der Waals surface area contributed by atoms with Crippen molar-refractivity contribution in [2.24, 2.45) is 0 Å². The Labute approximate surface area is 154 Å². The Bertz CT molecular complexity index is 729. The van der Waals surface area contributed by atoms with Crippen molar-refractivity contribution in [3.05, 3.63) is 59.7 Å². The smallest absolute Gasteiger partial charge is 0.173 e. The van der Waals surface area contributed by atoms with Crippen LogP contribution < -0.4 is 5.32 Å². The van der Waals surface area contributed by atoms with Crippen molar-refractivity contribution in [3.63, 3.8) is 0 Å². The first-order valence-electron chi connectivity index (χ1n) is 8.63. The molecule has 4 nitrogen and oxygen atoms in total. The van der Waals surface area contributed by atoms with Crippen molar-refractivity contribution < 1.29 is 9.84 Å². The summed E-state index contributed by atoms with van der Waals surface area (Å²) in [7, 11) is 0. The third-order valence-corrected chi connectivity index (χ3v) is 4.83. The molecule has 1 unspecified atom stereocenters. The van der Waals surface area contributed by atoms with Crippen LogP contribution in [0.1, 0.15) is 24.0 Å². The van der Waals surface area contributed by atoms with Crippen molar-refractivity contribution in [1.29, 1.82) is 0 Å². The molecule has 1 aliphatic rings. The van der Waals surface area contributed by atoms with Crippen LogP contribution in [-0.2, 0) is 11.3 Å². The zero-order valence-electron chi connectivity index (χ0n) is 14.4. The van der Waals surface area contributed by atoms with E-state index in [4.69, 9.17) is 17.0 Å². The summed E-state index contributed by atoms with van der Waals surface area (Å²) in [5.74, 6) is 0.290. The van der Waals surface area contributed by atoms with Gasteiger partial charge in [-0.15, -0.1) is 0 Å². The number of hydrogen-bond acceptors (Lipinski definition) is 3. The minimum atomic E-state index is 0.183. The Balaban J connectivity index is 1.76. The fraction of sp³-hybridized carbons (Fsp3) is 0.350. The highest BCUT2D eigenvalue weighted by Gasteiger charge is 2.22. The SMILES string of the molecule is Cc1ccccc1NC(=S)N(Cc1ccccc1O)CC1CCCO1. The number of anilines is 1. The molecule has 3 rings (SSSR count). The molecule has 2 aromatic rings. The molecule has 1 saturated heterocycles. The van der Waals surface area contributed by atoms with Crippen molar-refractivity contribution in [1.82, 2.24) is 4.90 Å². The minimum absolute atomic E-state index is 0.183. The van der Waals surface area contributed by atoms with E-state index in [2.05, 4.69) is 23.2 Å². The number of hydrogen-bond donors (Lipinski definition) is 2. The lowest BCUT2D eigenvalue weighted by atomic mass is 10.1. The Morgan fingerprint density at radius 3 is 2.72 bits per heavy atom. The number of nitrogens with one attached hydrogen (secondary N) is 1. The summed E-state index contributed by atoms with van der Waals surface area (Å²) in [4.78, 5) is 2.08. The maximum absolute atomic E-state index is 10.1. The highest BCUT2D eigenvalue weighted by Crippen LogP contribution is 2.22. The maximum Gasteiger partial charge on any atom is 0.173 e. The van der Waals surface area contributed by atoms with Gasteiger partial charge in [-0.05, 0) is 49.7 Å². The van der Waals surface area contributed by atoms with Gasteiger partial charge in [0.15, 0.2) is 5.11 Å². The van der Waals surface area contributed by atoms with Gasteiger partial charge in [0, 0.05) is 30.9 Å². The van der Waals surface area contributed by atoms with Crippen LogP contribution in [0, 0.1) is 6.92 Å². The van der Waals surface area contributed by atoms with E-state index in [1.165, 1.54) is 0 Å². The van der Waals surface area contributed by atoms with Gasteiger partial charge in [-0.25, -0.2) is 0 Å². The van der Waals surface area contributed by atoms with Gasteiger partial charge in [0.2, 0.25) is 0 Å². The highest BCUT2D eigenvalue weighted by molar-refractivity contribution is 7.80. The van der Waals surface area contributed by atoms with Crippen LogP contribution in [0.15, 0.2) is 48.5 Å². The first-order valence-corrected chi connectivity index (χ1v) is 9.04. The second-order valence-corrected chi connectivity index (χ2v) is 6.78. The van der Waals surface area contributed by atoms with Crippen LogP contribution in [0.2, 0.25) is 0 Å². The molecule has 0 aliphatic carbocycles. The maximum atomic E-state index is 10.1. The number of aryl methyl sites for hydroxylation is 1. The van der Waals surface area contributed by atoms with Crippen molar-refractivity contribution in [2.75, 3.05) is 18.5 Å². The van der Waals surface area contributed by atoms with Crippen LogP contribution in [0.5, 0.6) is 5.75 Å². The normalized spacial score (nSPS) is 16.6. The van der Waals surface area contributed by atoms with Gasteiger partial charge in [0.25, 0.3) is 0 Å². The third kappa shape index (κ3) is 4.71. The second-order valence-electron chi connectivity index (χ2n) is 6.39. The zero-order valence-corrected chi connectivity index (χ0v) is 15.3. The summed E-state index contributed by atoms with van der Waals surface area (Å²) < 4.78 is 5.78. The molecular formula is C20H24N2O2S. The molecular weight excluding hydrogens is 332 g/mol. The largest absolute Gasteiger partial charge is 0.508 e.